The first-order chi connectivity index (χ1) is 6.06. The number of carbonyl (C=O) groups excluding carboxylic acids is 1. The maximum absolute atomic E-state index is 11.0. The Bertz CT molecular complexity index is 355. The summed E-state index contributed by atoms with van der Waals surface area (Å²) >= 11 is 11.2. The Labute approximate surface area is 84.2 Å². The number of nitrogens with two attached hydrogens (primary N) is 1. The van der Waals surface area contributed by atoms with Gasteiger partial charge in [-0.3, -0.25) is 10.2 Å². The zero-order valence-corrected chi connectivity index (χ0v) is 7.86. The Morgan fingerprint density at radius 2 is 2.00 bits per heavy atom. The van der Waals surface area contributed by atoms with E-state index in [2.05, 4.69) is 0 Å². The third kappa shape index (κ3) is 2.03. The summed E-state index contributed by atoms with van der Waals surface area (Å²) in [5.74, 6) is 4.08. The van der Waals surface area contributed by atoms with Gasteiger partial charge in [0, 0.05) is 0 Å². The molecule has 0 fully saturated rings. The van der Waals surface area contributed by atoms with Crippen molar-refractivity contribution in [3.63, 3.8) is 0 Å². The second-order valence-electron chi connectivity index (χ2n) is 2.26. The number of benzene rings is 1. The van der Waals surface area contributed by atoms with Crippen LogP contribution in [-0.4, -0.2) is 11.0 Å². The van der Waals surface area contributed by atoms with E-state index in [0.29, 0.717) is 0 Å². The molecule has 1 amide bonds. The molecule has 13 heavy (non-hydrogen) atoms. The minimum absolute atomic E-state index is 0.0751. The number of halogens is 2. The summed E-state index contributed by atoms with van der Waals surface area (Å²) in [4.78, 5) is 11.0. The van der Waals surface area contributed by atoms with E-state index < -0.39 is 5.91 Å². The SMILES string of the molecule is NNC(=O)c1cc(O)c(Cl)cc1Cl. The number of phenols is 1. The van der Waals surface area contributed by atoms with Crippen molar-refractivity contribution in [1.29, 1.82) is 0 Å². The van der Waals surface area contributed by atoms with Crippen LogP contribution in [0.15, 0.2) is 12.1 Å². The highest BCUT2D eigenvalue weighted by Gasteiger charge is 2.12. The zero-order chi connectivity index (χ0) is 10.0. The first-order valence-corrected chi connectivity index (χ1v) is 4.01. The molecule has 1 aromatic carbocycles. The molecule has 0 heterocycles. The molecule has 0 spiro atoms. The fourth-order valence-corrected chi connectivity index (χ4v) is 1.26. The van der Waals surface area contributed by atoms with Crippen LogP contribution < -0.4 is 11.3 Å². The molecule has 0 aliphatic rings. The highest BCUT2D eigenvalue weighted by molar-refractivity contribution is 6.37. The second-order valence-corrected chi connectivity index (χ2v) is 3.07. The molecule has 0 atom stereocenters. The summed E-state index contributed by atoms with van der Waals surface area (Å²) < 4.78 is 0. The van der Waals surface area contributed by atoms with Gasteiger partial charge >= 0.3 is 0 Å². The number of hydrogen-bond acceptors (Lipinski definition) is 3. The number of nitrogens with one attached hydrogen (secondary N) is 1. The molecule has 0 bridgehead atoms. The molecule has 1 aromatic rings. The molecular formula is C7H6Cl2N2O2. The lowest BCUT2D eigenvalue weighted by Gasteiger charge is -2.04. The molecular weight excluding hydrogens is 215 g/mol. The second kappa shape index (κ2) is 3.83. The van der Waals surface area contributed by atoms with Crippen LogP contribution in [0.2, 0.25) is 10.0 Å². The van der Waals surface area contributed by atoms with E-state index in [1.54, 1.807) is 0 Å². The number of rotatable bonds is 1. The van der Waals surface area contributed by atoms with Crippen LogP contribution in [-0.2, 0) is 0 Å². The minimum atomic E-state index is -0.586. The van der Waals surface area contributed by atoms with E-state index in [4.69, 9.17) is 34.2 Å². The van der Waals surface area contributed by atoms with E-state index in [1.807, 2.05) is 5.43 Å². The largest absolute Gasteiger partial charge is 0.506 e. The topological polar surface area (TPSA) is 75.3 Å². The average Bonchev–Trinajstić information content (AvgIpc) is 2.10. The molecule has 6 heteroatoms. The summed E-state index contributed by atoms with van der Waals surface area (Å²) in [6.45, 7) is 0. The predicted octanol–water partition coefficient (Wildman–Crippen LogP) is 1.30. The van der Waals surface area contributed by atoms with Crippen molar-refractivity contribution < 1.29 is 9.90 Å². The van der Waals surface area contributed by atoms with Gasteiger partial charge in [-0.2, -0.15) is 0 Å². The van der Waals surface area contributed by atoms with Gasteiger partial charge in [0.25, 0.3) is 5.91 Å². The van der Waals surface area contributed by atoms with Gasteiger partial charge in [-0.15, -0.1) is 0 Å². The summed E-state index contributed by atoms with van der Waals surface area (Å²) in [7, 11) is 0. The van der Waals surface area contributed by atoms with E-state index >= 15 is 0 Å². The fraction of sp³-hybridized carbons (Fsp3) is 0. The van der Waals surface area contributed by atoms with Crippen LogP contribution in [0.1, 0.15) is 10.4 Å². The van der Waals surface area contributed by atoms with Gasteiger partial charge in [-0.1, -0.05) is 23.2 Å². The van der Waals surface area contributed by atoms with Crippen LogP contribution in [0.5, 0.6) is 5.75 Å². The number of amides is 1. The monoisotopic (exact) mass is 220 g/mol. The quantitative estimate of drug-likeness (QED) is 0.380. The maximum Gasteiger partial charge on any atom is 0.266 e. The minimum Gasteiger partial charge on any atom is -0.506 e. The fourth-order valence-electron chi connectivity index (χ4n) is 0.789. The van der Waals surface area contributed by atoms with Crippen LogP contribution in [0.4, 0.5) is 0 Å². The number of phenolic OH excluding ortho intramolecular Hbond substituents is 1. The van der Waals surface area contributed by atoms with Crippen molar-refractivity contribution >= 4 is 29.1 Å². The van der Waals surface area contributed by atoms with Gasteiger partial charge in [-0.05, 0) is 12.1 Å². The lowest BCUT2D eigenvalue weighted by atomic mass is 10.2. The molecule has 70 valence electrons. The Kier molecular flexibility index (Phi) is 2.98. The summed E-state index contributed by atoms with van der Waals surface area (Å²) in [6, 6.07) is 2.41. The van der Waals surface area contributed by atoms with E-state index in [9.17, 15) is 4.79 Å². The van der Waals surface area contributed by atoms with Crippen molar-refractivity contribution in [3.05, 3.63) is 27.7 Å². The molecule has 4 nitrogen and oxygen atoms in total. The Hall–Kier alpha value is -0.970. The molecule has 0 saturated carbocycles. The van der Waals surface area contributed by atoms with Gasteiger partial charge in [0.15, 0.2) is 0 Å². The van der Waals surface area contributed by atoms with Gasteiger partial charge < -0.3 is 5.11 Å². The van der Waals surface area contributed by atoms with Crippen molar-refractivity contribution in [2.75, 3.05) is 0 Å². The molecule has 1 rings (SSSR count). The first kappa shape index (κ1) is 10.1. The number of hydrazine groups is 1. The third-order valence-electron chi connectivity index (χ3n) is 1.41. The summed E-state index contributed by atoms with van der Waals surface area (Å²) in [5, 5.41) is 9.37. The standard InChI is InChI=1S/C7H6Cl2N2O2/c8-4-2-5(9)6(12)1-3(4)7(13)11-10/h1-2,12H,10H2,(H,11,13). The average molecular weight is 221 g/mol. The van der Waals surface area contributed by atoms with Crippen molar-refractivity contribution in [3.8, 4) is 5.75 Å². The smallest absolute Gasteiger partial charge is 0.266 e. The molecule has 0 radical (unpaired) electrons. The van der Waals surface area contributed by atoms with E-state index in [0.717, 1.165) is 6.07 Å². The van der Waals surface area contributed by atoms with Crippen LogP contribution in [0, 0.1) is 0 Å². The van der Waals surface area contributed by atoms with Gasteiger partial charge in [0.2, 0.25) is 0 Å². The molecule has 0 unspecified atom stereocenters. The van der Waals surface area contributed by atoms with E-state index in [-0.39, 0.29) is 21.4 Å². The predicted molar refractivity (Wildman–Crippen MR) is 49.8 cm³/mol. The molecule has 4 N–H and O–H groups in total. The maximum atomic E-state index is 11.0. The molecule has 0 aliphatic heterocycles. The number of hydrogen-bond donors (Lipinski definition) is 3. The molecule has 0 aliphatic carbocycles. The highest BCUT2D eigenvalue weighted by Crippen LogP contribution is 2.29. The summed E-state index contributed by atoms with van der Waals surface area (Å²) in [5.41, 5.74) is 1.97. The van der Waals surface area contributed by atoms with Crippen molar-refractivity contribution in [1.82, 2.24) is 5.43 Å². The zero-order valence-electron chi connectivity index (χ0n) is 6.34. The van der Waals surface area contributed by atoms with Gasteiger partial charge in [0.05, 0.1) is 15.6 Å². The van der Waals surface area contributed by atoms with E-state index in [1.165, 1.54) is 6.07 Å². The van der Waals surface area contributed by atoms with Crippen LogP contribution in [0.25, 0.3) is 0 Å². The normalized spacial score (nSPS) is 9.77. The van der Waals surface area contributed by atoms with Crippen molar-refractivity contribution in [2.24, 2.45) is 5.84 Å². The summed E-state index contributed by atoms with van der Waals surface area (Å²) in [6.07, 6.45) is 0. The lowest BCUT2D eigenvalue weighted by molar-refractivity contribution is 0.0953. The third-order valence-corrected chi connectivity index (χ3v) is 2.03. The molecule has 0 aromatic heterocycles. The number of carbonyl (C=O) groups is 1. The van der Waals surface area contributed by atoms with Crippen LogP contribution in [0.3, 0.4) is 0 Å². The Balaban J connectivity index is 3.23. The number of nitrogen functional groups attached to an aromatic ring is 1. The van der Waals surface area contributed by atoms with Crippen molar-refractivity contribution in [2.45, 2.75) is 0 Å². The van der Waals surface area contributed by atoms with Crippen LogP contribution >= 0.6 is 23.2 Å². The number of aromatic hydroxyl groups is 1. The first-order valence-electron chi connectivity index (χ1n) is 3.25. The van der Waals surface area contributed by atoms with Gasteiger partial charge in [0.1, 0.15) is 5.75 Å². The van der Waals surface area contributed by atoms with Gasteiger partial charge in [-0.25, -0.2) is 5.84 Å². The lowest BCUT2D eigenvalue weighted by Crippen LogP contribution is -2.30. The Morgan fingerprint density at radius 3 is 2.54 bits per heavy atom. The Morgan fingerprint density at radius 1 is 1.38 bits per heavy atom. The highest BCUT2D eigenvalue weighted by atomic mass is 35.5. The molecule has 0 saturated heterocycles.